The molecule has 1 N–H and O–H groups in total. The Labute approximate surface area is 98.3 Å². The lowest BCUT2D eigenvalue weighted by Crippen LogP contribution is -2.15. The Kier molecular flexibility index (Phi) is 5.60. The quantitative estimate of drug-likeness (QED) is 0.742. The first kappa shape index (κ1) is 12.7. The van der Waals surface area contributed by atoms with Gasteiger partial charge >= 0.3 is 0 Å². The van der Waals surface area contributed by atoms with Crippen LogP contribution in [0.15, 0.2) is 18.2 Å². The Morgan fingerprint density at radius 2 is 2.06 bits per heavy atom. The van der Waals surface area contributed by atoms with Crippen LogP contribution in [0.3, 0.4) is 0 Å². The van der Waals surface area contributed by atoms with Crippen molar-refractivity contribution in [3.63, 3.8) is 0 Å². The van der Waals surface area contributed by atoms with Crippen molar-refractivity contribution in [1.82, 2.24) is 5.32 Å². The first-order valence-electron chi connectivity index (χ1n) is 5.88. The van der Waals surface area contributed by atoms with Crippen LogP contribution in [0.4, 0.5) is 0 Å². The molecule has 16 heavy (non-hydrogen) atoms. The maximum absolute atomic E-state index is 8.40. The number of nitrogens with one attached hydrogen (secondary N) is 1. The number of hydrogen-bond acceptors (Lipinski definition) is 2. The van der Waals surface area contributed by atoms with Gasteiger partial charge in [-0.1, -0.05) is 23.8 Å². The largest absolute Gasteiger partial charge is 0.313 e. The lowest BCUT2D eigenvalue weighted by atomic mass is 10.1. The van der Waals surface area contributed by atoms with Gasteiger partial charge in [0.2, 0.25) is 0 Å². The van der Waals surface area contributed by atoms with E-state index >= 15 is 0 Å². The van der Waals surface area contributed by atoms with Crippen LogP contribution >= 0.6 is 0 Å². The zero-order valence-corrected chi connectivity index (χ0v) is 10.2. The number of rotatable bonds is 6. The zero-order chi connectivity index (χ0) is 11.8. The van der Waals surface area contributed by atoms with Crippen LogP contribution in [-0.2, 0) is 6.54 Å². The predicted octanol–water partition coefficient (Wildman–Crippen LogP) is 3.09. The predicted molar refractivity (Wildman–Crippen MR) is 67.1 cm³/mol. The monoisotopic (exact) mass is 216 g/mol. The summed E-state index contributed by atoms with van der Waals surface area (Å²) in [5, 5.41) is 11.8. The molecule has 0 heterocycles. The number of hydrogen-bond donors (Lipinski definition) is 1. The molecule has 0 amide bonds. The highest BCUT2D eigenvalue weighted by Gasteiger charge is 1.97. The van der Waals surface area contributed by atoms with Gasteiger partial charge in [0.25, 0.3) is 0 Å². The van der Waals surface area contributed by atoms with Gasteiger partial charge in [0, 0.05) is 13.0 Å². The molecular formula is C14H20N2. The average Bonchev–Trinajstić information content (AvgIpc) is 2.28. The minimum atomic E-state index is 0.672. The van der Waals surface area contributed by atoms with E-state index in [1.54, 1.807) is 0 Å². The van der Waals surface area contributed by atoms with Gasteiger partial charge in [0.05, 0.1) is 6.07 Å². The molecule has 0 atom stereocenters. The molecule has 0 radical (unpaired) electrons. The molecule has 86 valence electrons. The second-order valence-electron chi connectivity index (χ2n) is 4.22. The molecule has 0 aliphatic rings. The topological polar surface area (TPSA) is 35.8 Å². The SMILES string of the molecule is Cc1ccc(C)c(CNCCCCC#N)c1. The Balaban J connectivity index is 2.27. The molecule has 0 unspecified atom stereocenters. The molecule has 0 aliphatic heterocycles. The summed E-state index contributed by atoms with van der Waals surface area (Å²) in [6.07, 6.45) is 2.75. The summed E-state index contributed by atoms with van der Waals surface area (Å²) < 4.78 is 0. The van der Waals surface area contributed by atoms with Crippen LogP contribution in [0.2, 0.25) is 0 Å². The number of nitriles is 1. The molecule has 1 aromatic rings. The summed E-state index contributed by atoms with van der Waals surface area (Å²) in [6, 6.07) is 8.71. The summed E-state index contributed by atoms with van der Waals surface area (Å²) in [5.41, 5.74) is 4.03. The van der Waals surface area contributed by atoms with E-state index in [1.165, 1.54) is 16.7 Å². The van der Waals surface area contributed by atoms with Crippen LogP contribution in [0.1, 0.15) is 36.0 Å². The van der Waals surface area contributed by atoms with Crippen molar-refractivity contribution in [2.75, 3.05) is 6.54 Å². The van der Waals surface area contributed by atoms with E-state index in [-0.39, 0.29) is 0 Å². The van der Waals surface area contributed by atoms with Crippen molar-refractivity contribution in [3.05, 3.63) is 34.9 Å². The normalized spacial score (nSPS) is 10.1. The highest BCUT2D eigenvalue weighted by molar-refractivity contribution is 5.30. The van der Waals surface area contributed by atoms with Gasteiger partial charge in [-0.05, 0) is 44.4 Å². The molecule has 1 rings (SSSR count). The lowest BCUT2D eigenvalue weighted by Gasteiger charge is -2.08. The molecule has 2 heteroatoms. The standard InChI is InChI=1S/C14H20N2/c1-12-6-7-13(2)14(10-12)11-16-9-5-3-4-8-15/h6-7,10,16H,3-5,9,11H2,1-2H3. The van der Waals surface area contributed by atoms with Crippen LogP contribution < -0.4 is 5.32 Å². The van der Waals surface area contributed by atoms with Crippen LogP contribution in [0.25, 0.3) is 0 Å². The van der Waals surface area contributed by atoms with E-state index in [1.807, 2.05) is 0 Å². The molecule has 0 fully saturated rings. The fourth-order valence-electron chi connectivity index (χ4n) is 1.67. The summed E-state index contributed by atoms with van der Waals surface area (Å²) in [5.74, 6) is 0. The second kappa shape index (κ2) is 7.03. The van der Waals surface area contributed by atoms with Gasteiger partial charge in [-0.2, -0.15) is 5.26 Å². The van der Waals surface area contributed by atoms with E-state index < -0.39 is 0 Å². The van der Waals surface area contributed by atoms with Crippen molar-refractivity contribution in [3.8, 4) is 6.07 Å². The third-order valence-electron chi connectivity index (χ3n) is 2.71. The average molecular weight is 216 g/mol. The smallest absolute Gasteiger partial charge is 0.0621 e. The van der Waals surface area contributed by atoms with Crippen LogP contribution in [0.5, 0.6) is 0 Å². The molecule has 0 bridgehead atoms. The highest BCUT2D eigenvalue weighted by atomic mass is 14.8. The van der Waals surface area contributed by atoms with Gasteiger partial charge < -0.3 is 5.32 Å². The molecule has 0 saturated heterocycles. The van der Waals surface area contributed by atoms with Gasteiger partial charge in [-0.25, -0.2) is 0 Å². The van der Waals surface area contributed by atoms with E-state index in [0.717, 1.165) is 25.9 Å². The lowest BCUT2D eigenvalue weighted by molar-refractivity contribution is 0.627. The van der Waals surface area contributed by atoms with Gasteiger partial charge in [-0.15, -0.1) is 0 Å². The van der Waals surface area contributed by atoms with Crippen molar-refractivity contribution in [1.29, 1.82) is 5.26 Å². The molecule has 1 aromatic carbocycles. The second-order valence-corrected chi connectivity index (χ2v) is 4.22. The number of benzene rings is 1. The third kappa shape index (κ3) is 4.46. The molecule has 0 aliphatic carbocycles. The number of aryl methyl sites for hydroxylation is 2. The van der Waals surface area contributed by atoms with Crippen LogP contribution in [0, 0.1) is 25.2 Å². The summed E-state index contributed by atoms with van der Waals surface area (Å²) in [7, 11) is 0. The molecular weight excluding hydrogens is 196 g/mol. The summed E-state index contributed by atoms with van der Waals surface area (Å²) >= 11 is 0. The minimum Gasteiger partial charge on any atom is -0.313 e. The summed E-state index contributed by atoms with van der Waals surface area (Å²) in [6.45, 7) is 6.19. The van der Waals surface area contributed by atoms with E-state index in [9.17, 15) is 0 Å². The Bertz CT molecular complexity index is 363. The number of unbranched alkanes of at least 4 members (excludes halogenated alkanes) is 2. The molecule has 0 spiro atoms. The highest BCUT2D eigenvalue weighted by Crippen LogP contribution is 2.10. The Morgan fingerprint density at radius 1 is 1.25 bits per heavy atom. The Morgan fingerprint density at radius 3 is 2.81 bits per heavy atom. The fraction of sp³-hybridized carbons (Fsp3) is 0.500. The minimum absolute atomic E-state index is 0.672. The van der Waals surface area contributed by atoms with Crippen molar-refractivity contribution in [2.45, 2.75) is 39.7 Å². The van der Waals surface area contributed by atoms with E-state index in [2.05, 4.69) is 43.4 Å². The first-order valence-corrected chi connectivity index (χ1v) is 5.88. The van der Waals surface area contributed by atoms with E-state index in [4.69, 9.17) is 5.26 Å². The van der Waals surface area contributed by atoms with E-state index in [0.29, 0.717) is 6.42 Å². The number of nitrogens with zero attached hydrogens (tertiary/aromatic N) is 1. The molecule has 0 aromatic heterocycles. The zero-order valence-electron chi connectivity index (χ0n) is 10.2. The summed E-state index contributed by atoms with van der Waals surface area (Å²) in [4.78, 5) is 0. The van der Waals surface area contributed by atoms with Gasteiger partial charge in [-0.3, -0.25) is 0 Å². The van der Waals surface area contributed by atoms with Crippen molar-refractivity contribution >= 4 is 0 Å². The van der Waals surface area contributed by atoms with Crippen LogP contribution in [-0.4, -0.2) is 6.54 Å². The van der Waals surface area contributed by atoms with Crippen molar-refractivity contribution < 1.29 is 0 Å². The maximum atomic E-state index is 8.40. The Hall–Kier alpha value is -1.33. The fourth-order valence-corrected chi connectivity index (χ4v) is 1.67. The molecule has 2 nitrogen and oxygen atoms in total. The van der Waals surface area contributed by atoms with Gasteiger partial charge in [0.1, 0.15) is 0 Å². The third-order valence-corrected chi connectivity index (χ3v) is 2.71. The van der Waals surface area contributed by atoms with Crippen molar-refractivity contribution in [2.24, 2.45) is 0 Å². The van der Waals surface area contributed by atoms with Gasteiger partial charge in [0.15, 0.2) is 0 Å². The maximum Gasteiger partial charge on any atom is 0.0621 e. The first-order chi connectivity index (χ1) is 7.74. The molecule has 0 saturated carbocycles.